The number of ether oxygens (including phenoxy) is 1. The van der Waals surface area contributed by atoms with Crippen LogP contribution in [0, 0.1) is 5.92 Å². The van der Waals surface area contributed by atoms with Gasteiger partial charge in [-0.25, -0.2) is 0 Å². The average Bonchev–Trinajstić information content (AvgIpc) is 3.00. The van der Waals surface area contributed by atoms with E-state index in [2.05, 4.69) is 10.2 Å². The molecule has 2 heterocycles. The molecule has 13 heavy (non-hydrogen) atoms. The first-order chi connectivity index (χ1) is 6.45. The van der Waals surface area contributed by atoms with E-state index in [0.29, 0.717) is 6.04 Å². The van der Waals surface area contributed by atoms with Gasteiger partial charge in [-0.15, -0.1) is 0 Å². The standard InChI is InChI=1S/C10H18N2O/c1-2-8(1)10-7-13-6-9-5-11-3-4-12(9)10/h8-11H,1-7H2/t9-,10-/m1/s1. The van der Waals surface area contributed by atoms with Crippen molar-refractivity contribution in [2.75, 3.05) is 32.8 Å². The minimum absolute atomic E-state index is 0.660. The lowest BCUT2D eigenvalue weighted by Crippen LogP contribution is -2.61. The Bertz CT molecular complexity index is 191. The van der Waals surface area contributed by atoms with Crippen LogP contribution in [0.1, 0.15) is 12.8 Å². The summed E-state index contributed by atoms with van der Waals surface area (Å²) in [6.07, 6.45) is 2.87. The Balaban J connectivity index is 1.71. The number of hydrogen-bond donors (Lipinski definition) is 1. The smallest absolute Gasteiger partial charge is 0.0635 e. The van der Waals surface area contributed by atoms with Crippen LogP contribution in [-0.2, 0) is 4.74 Å². The van der Waals surface area contributed by atoms with Gasteiger partial charge in [-0.05, 0) is 18.8 Å². The molecule has 0 spiro atoms. The van der Waals surface area contributed by atoms with E-state index < -0.39 is 0 Å². The number of hydrogen-bond acceptors (Lipinski definition) is 3. The van der Waals surface area contributed by atoms with E-state index in [4.69, 9.17) is 4.74 Å². The van der Waals surface area contributed by atoms with Crippen molar-refractivity contribution in [1.82, 2.24) is 10.2 Å². The predicted molar refractivity (Wildman–Crippen MR) is 50.7 cm³/mol. The Kier molecular flexibility index (Phi) is 2.04. The lowest BCUT2D eigenvalue weighted by molar-refractivity contribution is -0.0647. The molecule has 2 saturated heterocycles. The van der Waals surface area contributed by atoms with Gasteiger partial charge in [0.25, 0.3) is 0 Å². The van der Waals surface area contributed by atoms with Gasteiger partial charge in [0.1, 0.15) is 0 Å². The molecule has 0 aromatic rings. The van der Waals surface area contributed by atoms with Gasteiger partial charge in [0.2, 0.25) is 0 Å². The minimum Gasteiger partial charge on any atom is -0.378 e. The maximum Gasteiger partial charge on any atom is 0.0635 e. The van der Waals surface area contributed by atoms with Crippen molar-refractivity contribution < 1.29 is 4.74 Å². The Hall–Kier alpha value is -0.120. The second-order valence-electron chi connectivity index (χ2n) is 4.54. The molecule has 1 saturated carbocycles. The van der Waals surface area contributed by atoms with Crippen LogP contribution in [0.5, 0.6) is 0 Å². The molecule has 2 aliphatic heterocycles. The SMILES string of the molecule is C1CN2[C@H](CN1)COC[C@@H]2C1CC1. The highest BCUT2D eigenvalue weighted by Crippen LogP contribution is 2.37. The van der Waals surface area contributed by atoms with Crippen LogP contribution in [0.4, 0.5) is 0 Å². The summed E-state index contributed by atoms with van der Waals surface area (Å²) < 4.78 is 5.67. The molecule has 0 aromatic heterocycles. The molecule has 0 unspecified atom stereocenters. The number of rotatable bonds is 1. The highest BCUT2D eigenvalue weighted by atomic mass is 16.5. The molecule has 74 valence electrons. The normalized spacial score (nSPS) is 41.5. The van der Waals surface area contributed by atoms with Gasteiger partial charge in [0.05, 0.1) is 13.2 Å². The number of nitrogens with zero attached hydrogens (tertiary/aromatic N) is 1. The van der Waals surface area contributed by atoms with E-state index in [1.165, 1.54) is 25.9 Å². The zero-order chi connectivity index (χ0) is 8.67. The molecule has 1 aliphatic carbocycles. The molecule has 3 fully saturated rings. The third-order valence-electron chi connectivity index (χ3n) is 3.59. The molecular formula is C10H18N2O. The average molecular weight is 182 g/mol. The highest BCUT2D eigenvalue weighted by Gasteiger charge is 2.41. The molecule has 0 radical (unpaired) electrons. The van der Waals surface area contributed by atoms with Crippen molar-refractivity contribution in [3.05, 3.63) is 0 Å². The van der Waals surface area contributed by atoms with Crippen LogP contribution in [-0.4, -0.2) is 49.8 Å². The molecule has 3 aliphatic rings. The number of morpholine rings is 1. The highest BCUT2D eigenvalue weighted by molar-refractivity contribution is 4.95. The molecular weight excluding hydrogens is 164 g/mol. The lowest BCUT2D eigenvalue weighted by atomic mass is 10.0. The van der Waals surface area contributed by atoms with Gasteiger partial charge < -0.3 is 10.1 Å². The fourth-order valence-electron chi connectivity index (χ4n) is 2.68. The summed E-state index contributed by atoms with van der Waals surface area (Å²) in [5.74, 6) is 0.959. The van der Waals surface area contributed by atoms with Crippen molar-refractivity contribution >= 4 is 0 Å². The number of nitrogens with one attached hydrogen (secondary N) is 1. The fourth-order valence-corrected chi connectivity index (χ4v) is 2.68. The van der Waals surface area contributed by atoms with Crippen molar-refractivity contribution in [2.24, 2.45) is 5.92 Å². The largest absolute Gasteiger partial charge is 0.378 e. The molecule has 3 nitrogen and oxygen atoms in total. The lowest BCUT2D eigenvalue weighted by Gasteiger charge is -2.45. The van der Waals surface area contributed by atoms with E-state index in [1.54, 1.807) is 0 Å². The second-order valence-corrected chi connectivity index (χ2v) is 4.54. The molecule has 2 atom stereocenters. The van der Waals surface area contributed by atoms with Crippen molar-refractivity contribution in [2.45, 2.75) is 24.9 Å². The Morgan fingerprint density at radius 1 is 1.23 bits per heavy atom. The topological polar surface area (TPSA) is 24.5 Å². The van der Waals surface area contributed by atoms with Gasteiger partial charge in [0, 0.05) is 31.7 Å². The minimum atomic E-state index is 0.660. The maximum atomic E-state index is 5.67. The predicted octanol–water partition coefficient (Wildman–Crippen LogP) is 0.0690. The van der Waals surface area contributed by atoms with Crippen LogP contribution in [0.3, 0.4) is 0 Å². The monoisotopic (exact) mass is 182 g/mol. The summed E-state index contributed by atoms with van der Waals surface area (Å²) in [4.78, 5) is 2.69. The molecule has 0 aromatic carbocycles. The first kappa shape index (κ1) is 8.21. The van der Waals surface area contributed by atoms with Crippen LogP contribution in [0.25, 0.3) is 0 Å². The van der Waals surface area contributed by atoms with Crippen molar-refractivity contribution in [1.29, 1.82) is 0 Å². The Labute approximate surface area is 79.4 Å². The van der Waals surface area contributed by atoms with Crippen molar-refractivity contribution in [3.8, 4) is 0 Å². The summed E-state index contributed by atoms with van der Waals surface area (Å²) in [6, 6.07) is 1.41. The van der Waals surface area contributed by atoms with Crippen LogP contribution in [0.15, 0.2) is 0 Å². The Morgan fingerprint density at radius 2 is 2.15 bits per heavy atom. The Morgan fingerprint density at radius 3 is 3.00 bits per heavy atom. The summed E-state index contributed by atoms with van der Waals surface area (Å²) >= 11 is 0. The zero-order valence-corrected chi connectivity index (χ0v) is 8.04. The number of fused-ring (bicyclic) bond motifs is 1. The quantitative estimate of drug-likeness (QED) is 0.621. The van der Waals surface area contributed by atoms with Gasteiger partial charge in [-0.1, -0.05) is 0 Å². The van der Waals surface area contributed by atoms with Crippen LogP contribution < -0.4 is 5.32 Å². The van der Waals surface area contributed by atoms with E-state index >= 15 is 0 Å². The van der Waals surface area contributed by atoms with E-state index in [1.807, 2.05) is 0 Å². The van der Waals surface area contributed by atoms with Gasteiger partial charge in [-0.2, -0.15) is 0 Å². The van der Waals surface area contributed by atoms with Crippen molar-refractivity contribution in [3.63, 3.8) is 0 Å². The first-order valence-electron chi connectivity index (χ1n) is 5.49. The number of piperazine rings is 1. The summed E-state index contributed by atoms with van der Waals surface area (Å²) in [6.45, 7) is 5.45. The van der Waals surface area contributed by atoms with Gasteiger partial charge >= 0.3 is 0 Å². The van der Waals surface area contributed by atoms with E-state index in [-0.39, 0.29) is 0 Å². The van der Waals surface area contributed by atoms with Crippen LogP contribution in [0.2, 0.25) is 0 Å². The molecule has 3 rings (SSSR count). The summed E-state index contributed by atoms with van der Waals surface area (Å²) in [5.41, 5.74) is 0. The van der Waals surface area contributed by atoms with Gasteiger partial charge in [-0.3, -0.25) is 4.90 Å². The summed E-state index contributed by atoms with van der Waals surface area (Å²) in [7, 11) is 0. The second kappa shape index (κ2) is 3.23. The molecule has 0 amide bonds. The third kappa shape index (κ3) is 1.49. The maximum absolute atomic E-state index is 5.67. The van der Waals surface area contributed by atoms with Gasteiger partial charge in [0.15, 0.2) is 0 Å². The zero-order valence-electron chi connectivity index (χ0n) is 8.04. The van der Waals surface area contributed by atoms with Crippen LogP contribution >= 0.6 is 0 Å². The molecule has 3 heteroatoms. The van der Waals surface area contributed by atoms with E-state index in [0.717, 1.165) is 31.7 Å². The molecule has 0 bridgehead atoms. The first-order valence-corrected chi connectivity index (χ1v) is 5.49. The summed E-state index contributed by atoms with van der Waals surface area (Å²) in [5, 5.41) is 3.44. The fraction of sp³-hybridized carbons (Fsp3) is 1.00. The molecule has 1 N–H and O–H groups in total. The third-order valence-corrected chi connectivity index (χ3v) is 3.59. The van der Waals surface area contributed by atoms with E-state index in [9.17, 15) is 0 Å².